The number of rotatable bonds is 10. The average molecular weight is 548 g/mol. The average Bonchev–Trinajstić information content (AvgIpc) is 2.97. The van der Waals surface area contributed by atoms with E-state index in [9.17, 15) is 14.9 Å². The summed E-state index contributed by atoms with van der Waals surface area (Å²) in [4.78, 5) is 39.9. The lowest BCUT2D eigenvalue weighted by atomic mass is 10.0. The maximum absolute atomic E-state index is 13.6. The largest absolute Gasteiger partial charge is 0.383 e. The molecule has 12 heteroatoms. The van der Waals surface area contributed by atoms with E-state index in [2.05, 4.69) is 26.6 Å². The molecule has 1 aliphatic rings. The smallest absolute Gasteiger partial charge is 0.259 e. The first-order valence-corrected chi connectivity index (χ1v) is 12.8. The van der Waals surface area contributed by atoms with Gasteiger partial charge in [-0.15, -0.1) is 0 Å². The van der Waals surface area contributed by atoms with Crippen LogP contribution in [0.15, 0.2) is 36.5 Å². The Morgan fingerprint density at radius 3 is 2.52 bits per heavy atom. The number of anilines is 2. The Bertz CT molecular complexity index is 1410. The van der Waals surface area contributed by atoms with E-state index in [1.807, 2.05) is 7.05 Å². The predicted molar refractivity (Wildman–Crippen MR) is 149 cm³/mol. The van der Waals surface area contributed by atoms with Crippen LogP contribution in [0.1, 0.15) is 38.3 Å². The number of fused-ring (bicyclic) bond motifs is 1. The number of benzene rings is 1. The van der Waals surface area contributed by atoms with Crippen molar-refractivity contribution in [2.75, 3.05) is 78.3 Å². The Morgan fingerprint density at radius 2 is 1.85 bits per heavy atom. The molecule has 3 aromatic rings. The minimum absolute atomic E-state index is 0.165. The molecule has 0 saturated carbocycles. The highest BCUT2D eigenvalue weighted by molar-refractivity contribution is 6.12. The first kappa shape index (κ1) is 28.8. The third-order valence-corrected chi connectivity index (χ3v) is 6.68. The fraction of sp³-hybridized carbons (Fsp3) is 0.393. The van der Waals surface area contributed by atoms with Crippen LogP contribution in [-0.2, 0) is 14.2 Å². The molecule has 2 amide bonds. The molecule has 0 unspecified atom stereocenters. The van der Waals surface area contributed by atoms with Crippen LogP contribution in [0.25, 0.3) is 10.9 Å². The van der Waals surface area contributed by atoms with Crippen LogP contribution in [0.4, 0.5) is 11.5 Å². The Morgan fingerprint density at radius 1 is 1.10 bits per heavy atom. The number of para-hydroxylation sites is 1. The van der Waals surface area contributed by atoms with Gasteiger partial charge < -0.3 is 34.6 Å². The fourth-order valence-corrected chi connectivity index (χ4v) is 4.48. The minimum Gasteiger partial charge on any atom is -0.383 e. The fourth-order valence-electron chi connectivity index (χ4n) is 4.48. The van der Waals surface area contributed by atoms with Crippen molar-refractivity contribution in [2.24, 2.45) is 0 Å². The number of ether oxygens (including phenoxy) is 3. The molecule has 3 heterocycles. The maximum atomic E-state index is 13.6. The van der Waals surface area contributed by atoms with Gasteiger partial charge in [0.05, 0.1) is 34.5 Å². The highest BCUT2D eigenvalue weighted by atomic mass is 16.7. The first-order valence-electron chi connectivity index (χ1n) is 12.8. The second-order valence-electron chi connectivity index (χ2n) is 9.30. The molecular formula is C28H33N7O5. The number of methoxy groups -OCH3 is 3. The maximum Gasteiger partial charge on any atom is 0.259 e. The number of likely N-dealkylation sites (N-methyl/N-ethyl adjacent to an activating group) is 1. The lowest BCUT2D eigenvalue weighted by Gasteiger charge is -2.33. The van der Waals surface area contributed by atoms with E-state index in [1.165, 1.54) is 20.4 Å². The molecule has 0 aliphatic carbocycles. The standard InChI is InChI=1S/C28H33N7O5/c1-34-9-11-35(12-10-34)27(37)21-14-18-6-5-7-20(24(18)33-25(21)28(39-3)40-4)26(36)32-23-15-22(30-8-13-38-2)19(16-29)17-31-23/h5-7,14-15,17,28H,8-13H2,1-4H3,(H2,30,31,32,36). The Balaban J connectivity index is 1.69. The van der Waals surface area contributed by atoms with Gasteiger partial charge in [0.2, 0.25) is 6.29 Å². The van der Waals surface area contributed by atoms with E-state index >= 15 is 0 Å². The van der Waals surface area contributed by atoms with Gasteiger partial charge in [0, 0.05) is 71.7 Å². The normalized spacial score (nSPS) is 13.8. The third-order valence-electron chi connectivity index (χ3n) is 6.68. The zero-order valence-electron chi connectivity index (χ0n) is 23.1. The molecule has 1 aromatic carbocycles. The number of carbonyl (C=O) groups excluding carboxylic acids is 2. The molecule has 0 radical (unpaired) electrons. The molecule has 0 bridgehead atoms. The van der Waals surface area contributed by atoms with Crippen LogP contribution >= 0.6 is 0 Å². The van der Waals surface area contributed by atoms with Crippen LogP contribution < -0.4 is 10.6 Å². The van der Waals surface area contributed by atoms with Gasteiger partial charge in [-0.1, -0.05) is 12.1 Å². The number of hydrogen-bond acceptors (Lipinski definition) is 10. The molecule has 1 aliphatic heterocycles. The monoisotopic (exact) mass is 547 g/mol. The summed E-state index contributed by atoms with van der Waals surface area (Å²) in [5.74, 6) is -0.356. The molecule has 2 aromatic heterocycles. The highest BCUT2D eigenvalue weighted by Crippen LogP contribution is 2.28. The number of nitrogens with one attached hydrogen (secondary N) is 2. The van der Waals surface area contributed by atoms with Gasteiger partial charge in [0.1, 0.15) is 17.6 Å². The lowest BCUT2D eigenvalue weighted by molar-refractivity contribution is -0.108. The number of carbonyl (C=O) groups is 2. The molecule has 210 valence electrons. The van der Waals surface area contributed by atoms with Gasteiger partial charge in [0.15, 0.2) is 0 Å². The van der Waals surface area contributed by atoms with Crippen LogP contribution in [-0.4, -0.2) is 99.3 Å². The summed E-state index contributed by atoms with van der Waals surface area (Å²) < 4.78 is 16.0. The van der Waals surface area contributed by atoms with E-state index in [0.717, 1.165) is 13.1 Å². The van der Waals surface area contributed by atoms with Gasteiger partial charge in [-0.2, -0.15) is 5.26 Å². The van der Waals surface area contributed by atoms with Gasteiger partial charge in [-0.3, -0.25) is 9.59 Å². The quantitative estimate of drug-likeness (QED) is 0.287. The summed E-state index contributed by atoms with van der Waals surface area (Å²) >= 11 is 0. The molecule has 12 nitrogen and oxygen atoms in total. The molecule has 40 heavy (non-hydrogen) atoms. The molecule has 1 saturated heterocycles. The van der Waals surface area contributed by atoms with Crippen molar-refractivity contribution in [1.82, 2.24) is 19.8 Å². The zero-order valence-corrected chi connectivity index (χ0v) is 23.1. The Labute approximate surface area is 232 Å². The van der Waals surface area contributed by atoms with Crippen LogP contribution in [0.3, 0.4) is 0 Å². The number of aromatic nitrogens is 2. The molecular weight excluding hydrogens is 514 g/mol. The number of pyridine rings is 2. The van der Waals surface area contributed by atoms with E-state index in [1.54, 1.807) is 42.3 Å². The van der Waals surface area contributed by atoms with Crippen LogP contribution in [0.5, 0.6) is 0 Å². The number of hydrogen-bond donors (Lipinski definition) is 2. The molecule has 4 rings (SSSR count). The van der Waals surface area contributed by atoms with Crippen molar-refractivity contribution in [2.45, 2.75) is 6.29 Å². The number of nitrogens with zero attached hydrogens (tertiary/aromatic N) is 5. The van der Waals surface area contributed by atoms with Crippen LogP contribution in [0, 0.1) is 11.3 Å². The van der Waals surface area contributed by atoms with E-state index in [4.69, 9.17) is 19.2 Å². The molecule has 1 fully saturated rings. The van der Waals surface area contributed by atoms with E-state index in [0.29, 0.717) is 59.7 Å². The van der Waals surface area contributed by atoms with Crippen molar-refractivity contribution >= 4 is 34.2 Å². The van der Waals surface area contributed by atoms with Crippen molar-refractivity contribution in [3.63, 3.8) is 0 Å². The van der Waals surface area contributed by atoms with Crippen molar-refractivity contribution in [1.29, 1.82) is 5.26 Å². The van der Waals surface area contributed by atoms with E-state index < -0.39 is 12.2 Å². The molecule has 0 spiro atoms. The summed E-state index contributed by atoms with van der Waals surface area (Å²) in [5.41, 5.74) is 2.19. The van der Waals surface area contributed by atoms with Crippen molar-refractivity contribution in [3.8, 4) is 6.07 Å². The van der Waals surface area contributed by atoms with Gasteiger partial charge in [-0.25, -0.2) is 9.97 Å². The van der Waals surface area contributed by atoms with Gasteiger partial charge >= 0.3 is 0 Å². The first-order chi connectivity index (χ1) is 19.4. The lowest BCUT2D eigenvalue weighted by Crippen LogP contribution is -2.47. The number of nitriles is 1. The minimum atomic E-state index is -0.909. The third kappa shape index (κ3) is 6.35. The summed E-state index contributed by atoms with van der Waals surface area (Å²) in [6.45, 7) is 3.67. The number of piperazine rings is 1. The topological polar surface area (TPSA) is 142 Å². The van der Waals surface area contributed by atoms with Gasteiger partial charge in [-0.05, 0) is 19.2 Å². The highest BCUT2D eigenvalue weighted by Gasteiger charge is 2.28. The summed E-state index contributed by atoms with van der Waals surface area (Å²) in [7, 11) is 6.55. The summed E-state index contributed by atoms with van der Waals surface area (Å²) in [6.07, 6.45) is 0.482. The Kier molecular flexibility index (Phi) is 9.57. The molecule has 0 atom stereocenters. The van der Waals surface area contributed by atoms with E-state index in [-0.39, 0.29) is 17.3 Å². The molecule has 2 N–H and O–H groups in total. The van der Waals surface area contributed by atoms with Crippen molar-refractivity contribution in [3.05, 3.63) is 58.9 Å². The predicted octanol–water partition coefficient (Wildman–Crippen LogP) is 2.49. The summed E-state index contributed by atoms with van der Waals surface area (Å²) in [5, 5.41) is 15.9. The second kappa shape index (κ2) is 13.3. The second-order valence-corrected chi connectivity index (χ2v) is 9.30. The van der Waals surface area contributed by atoms with Crippen molar-refractivity contribution < 1.29 is 23.8 Å². The SMILES string of the molecule is COCCNc1cc(NC(=O)c2cccc3cc(C(=O)N4CCN(C)CC4)c(C(OC)OC)nc23)ncc1C#N. The Hall–Kier alpha value is -4.15. The number of amides is 2. The van der Waals surface area contributed by atoms with Crippen LogP contribution in [0.2, 0.25) is 0 Å². The van der Waals surface area contributed by atoms with Gasteiger partial charge in [0.25, 0.3) is 11.8 Å². The zero-order chi connectivity index (χ0) is 28.6. The summed E-state index contributed by atoms with van der Waals surface area (Å²) in [6, 6.07) is 10.6.